The summed E-state index contributed by atoms with van der Waals surface area (Å²) >= 11 is 0. The van der Waals surface area contributed by atoms with Crippen LogP contribution in [0.5, 0.6) is 5.75 Å². The third kappa shape index (κ3) is 3.75. The molecule has 0 saturated carbocycles. The molecule has 2 aromatic rings. The topological polar surface area (TPSA) is 60.2 Å². The predicted molar refractivity (Wildman–Crippen MR) is 90.9 cm³/mol. The van der Waals surface area contributed by atoms with E-state index in [4.69, 9.17) is 4.74 Å². The first-order chi connectivity index (χ1) is 11.7. The second kappa shape index (κ2) is 7.47. The Bertz CT molecular complexity index is 698. The maximum atomic E-state index is 12.6. The van der Waals surface area contributed by atoms with E-state index in [0.717, 1.165) is 49.5 Å². The molecule has 0 spiro atoms. The van der Waals surface area contributed by atoms with Gasteiger partial charge < -0.3 is 14.2 Å². The van der Waals surface area contributed by atoms with E-state index in [0.29, 0.717) is 6.42 Å². The molecule has 1 amide bonds. The first kappa shape index (κ1) is 16.5. The Balaban J connectivity index is 1.57. The smallest absolute Gasteiger partial charge is 0.222 e. The van der Waals surface area contributed by atoms with Crippen LogP contribution in [0.25, 0.3) is 0 Å². The van der Waals surface area contributed by atoms with E-state index in [1.807, 2.05) is 40.8 Å². The van der Waals surface area contributed by atoms with E-state index in [-0.39, 0.29) is 11.8 Å². The number of aromatic nitrogens is 3. The fraction of sp³-hybridized carbons (Fsp3) is 0.500. The Morgan fingerprint density at radius 3 is 3.04 bits per heavy atom. The zero-order chi connectivity index (χ0) is 16.9. The van der Waals surface area contributed by atoms with Gasteiger partial charge in [0.2, 0.25) is 5.91 Å². The number of hydrogen-bond acceptors (Lipinski definition) is 4. The molecule has 0 N–H and O–H groups in total. The molecule has 2 heterocycles. The maximum absolute atomic E-state index is 12.6. The van der Waals surface area contributed by atoms with Crippen LogP contribution < -0.4 is 4.74 Å². The number of carbonyl (C=O) groups excluding carboxylic acids is 1. The zero-order valence-corrected chi connectivity index (χ0v) is 14.3. The first-order valence-corrected chi connectivity index (χ1v) is 8.42. The van der Waals surface area contributed by atoms with Crippen LogP contribution in [0.2, 0.25) is 0 Å². The van der Waals surface area contributed by atoms with E-state index in [1.54, 1.807) is 13.4 Å². The zero-order valence-electron chi connectivity index (χ0n) is 14.3. The summed E-state index contributed by atoms with van der Waals surface area (Å²) in [6.45, 7) is 1.58. The van der Waals surface area contributed by atoms with Crippen molar-refractivity contribution in [1.29, 1.82) is 0 Å². The van der Waals surface area contributed by atoms with Crippen LogP contribution in [0.1, 0.15) is 36.6 Å². The summed E-state index contributed by atoms with van der Waals surface area (Å²) in [5, 5.41) is 8.16. The van der Waals surface area contributed by atoms with Gasteiger partial charge in [0, 0.05) is 32.5 Å². The number of hydrogen-bond donors (Lipinski definition) is 0. The Kier molecular flexibility index (Phi) is 5.13. The highest BCUT2D eigenvalue weighted by atomic mass is 16.5. The number of amides is 1. The lowest BCUT2D eigenvalue weighted by Crippen LogP contribution is -2.39. The summed E-state index contributed by atoms with van der Waals surface area (Å²) in [5.74, 6) is 2.30. The summed E-state index contributed by atoms with van der Waals surface area (Å²) in [5.41, 5.74) is 1.13. The van der Waals surface area contributed by atoms with Crippen molar-refractivity contribution in [3.8, 4) is 5.75 Å². The van der Waals surface area contributed by atoms with Crippen molar-refractivity contribution in [3.63, 3.8) is 0 Å². The van der Waals surface area contributed by atoms with E-state index in [1.165, 1.54) is 0 Å². The van der Waals surface area contributed by atoms with Gasteiger partial charge in [-0.2, -0.15) is 0 Å². The van der Waals surface area contributed by atoms with E-state index >= 15 is 0 Å². The van der Waals surface area contributed by atoms with Crippen LogP contribution in [0.15, 0.2) is 30.6 Å². The average Bonchev–Trinajstić information content (AvgIpc) is 3.06. The minimum absolute atomic E-state index is 0.213. The highest BCUT2D eigenvalue weighted by Crippen LogP contribution is 2.25. The molecule has 3 rings (SSSR count). The summed E-state index contributed by atoms with van der Waals surface area (Å²) in [6.07, 6.45) is 5.06. The molecule has 1 aliphatic rings. The molecule has 128 valence electrons. The molecule has 24 heavy (non-hydrogen) atoms. The van der Waals surface area contributed by atoms with Gasteiger partial charge in [-0.1, -0.05) is 12.1 Å². The SMILES string of the molecule is COc1cccc(CCC(=O)N2CCCC(c3nncn3C)C2)c1. The van der Waals surface area contributed by atoms with Gasteiger partial charge in [-0.25, -0.2) is 0 Å². The van der Waals surface area contributed by atoms with E-state index < -0.39 is 0 Å². The summed E-state index contributed by atoms with van der Waals surface area (Å²) in [6, 6.07) is 7.91. The summed E-state index contributed by atoms with van der Waals surface area (Å²) < 4.78 is 7.19. The molecule has 0 aliphatic carbocycles. The summed E-state index contributed by atoms with van der Waals surface area (Å²) in [4.78, 5) is 14.6. The van der Waals surface area contributed by atoms with Crippen LogP contribution in [0, 0.1) is 0 Å². The molecule has 1 aliphatic heterocycles. The normalized spacial score (nSPS) is 17.8. The lowest BCUT2D eigenvalue weighted by Gasteiger charge is -2.32. The van der Waals surface area contributed by atoms with Gasteiger partial charge in [0.25, 0.3) is 0 Å². The van der Waals surface area contributed by atoms with Gasteiger partial charge in [0.1, 0.15) is 17.9 Å². The number of benzene rings is 1. The fourth-order valence-electron chi connectivity index (χ4n) is 3.31. The molecule has 1 unspecified atom stereocenters. The Morgan fingerprint density at radius 1 is 1.42 bits per heavy atom. The van der Waals surface area contributed by atoms with Crippen molar-refractivity contribution in [2.45, 2.75) is 31.6 Å². The molecule has 1 aromatic heterocycles. The third-order valence-electron chi connectivity index (χ3n) is 4.65. The second-order valence-electron chi connectivity index (χ2n) is 6.33. The van der Waals surface area contributed by atoms with Crippen LogP contribution in [-0.4, -0.2) is 45.8 Å². The molecule has 1 fully saturated rings. The molecular formula is C18H24N4O2. The number of ether oxygens (including phenoxy) is 1. The molecule has 0 radical (unpaired) electrons. The van der Waals surface area contributed by atoms with E-state index in [9.17, 15) is 4.79 Å². The first-order valence-electron chi connectivity index (χ1n) is 8.42. The lowest BCUT2D eigenvalue weighted by molar-refractivity contribution is -0.132. The number of carbonyl (C=O) groups is 1. The highest BCUT2D eigenvalue weighted by Gasteiger charge is 2.27. The van der Waals surface area contributed by atoms with Gasteiger partial charge in [0.15, 0.2) is 0 Å². The van der Waals surface area contributed by atoms with Crippen molar-refractivity contribution >= 4 is 5.91 Å². The van der Waals surface area contributed by atoms with Crippen molar-refractivity contribution < 1.29 is 9.53 Å². The largest absolute Gasteiger partial charge is 0.497 e. The third-order valence-corrected chi connectivity index (χ3v) is 4.65. The fourth-order valence-corrected chi connectivity index (χ4v) is 3.31. The summed E-state index contributed by atoms with van der Waals surface area (Å²) in [7, 11) is 3.61. The van der Waals surface area contributed by atoms with Crippen LogP contribution in [0.3, 0.4) is 0 Å². The standard InChI is InChI=1S/C18H24N4O2/c1-21-13-19-20-18(21)15-6-4-10-22(12-15)17(23)9-8-14-5-3-7-16(11-14)24-2/h3,5,7,11,13,15H,4,6,8-10,12H2,1-2H3. The van der Waals surface area contributed by atoms with E-state index in [2.05, 4.69) is 10.2 Å². The van der Waals surface area contributed by atoms with Gasteiger partial charge in [-0.3, -0.25) is 4.79 Å². The Morgan fingerprint density at radius 2 is 2.29 bits per heavy atom. The minimum atomic E-state index is 0.213. The highest BCUT2D eigenvalue weighted by molar-refractivity contribution is 5.76. The molecule has 0 bridgehead atoms. The van der Waals surface area contributed by atoms with Crippen molar-refractivity contribution in [2.24, 2.45) is 7.05 Å². The number of piperidine rings is 1. The monoisotopic (exact) mass is 328 g/mol. The molecule has 6 heteroatoms. The minimum Gasteiger partial charge on any atom is -0.497 e. The van der Waals surface area contributed by atoms with Gasteiger partial charge in [0.05, 0.1) is 7.11 Å². The van der Waals surface area contributed by atoms with Gasteiger partial charge in [-0.15, -0.1) is 10.2 Å². The predicted octanol–water partition coefficient (Wildman–Crippen LogP) is 2.16. The number of likely N-dealkylation sites (tertiary alicyclic amines) is 1. The molecule has 1 atom stereocenters. The van der Waals surface area contributed by atoms with Crippen molar-refractivity contribution in [2.75, 3.05) is 20.2 Å². The van der Waals surface area contributed by atoms with Gasteiger partial charge >= 0.3 is 0 Å². The lowest BCUT2D eigenvalue weighted by atomic mass is 9.96. The average molecular weight is 328 g/mol. The quantitative estimate of drug-likeness (QED) is 0.844. The van der Waals surface area contributed by atoms with Crippen LogP contribution in [0.4, 0.5) is 0 Å². The van der Waals surface area contributed by atoms with Crippen LogP contribution >= 0.6 is 0 Å². The Labute approximate surface area is 142 Å². The molecule has 1 aromatic carbocycles. The number of rotatable bonds is 5. The molecule has 1 saturated heterocycles. The number of aryl methyl sites for hydroxylation is 2. The van der Waals surface area contributed by atoms with Gasteiger partial charge in [-0.05, 0) is 37.0 Å². The number of methoxy groups -OCH3 is 1. The Hall–Kier alpha value is -2.37. The molecule has 6 nitrogen and oxygen atoms in total. The molecular weight excluding hydrogens is 304 g/mol. The maximum Gasteiger partial charge on any atom is 0.222 e. The van der Waals surface area contributed by atoms with Crippen molar-refractivity contribution in [1.82, 2.24) is 19.7 Å². The van der Waals surface area contributed by atoms with Crippen LogP contribution in [-0.2, 0) is 18.3 Å². The second-order valence-corrected chi connectivity index (χ2v) is 6.33. The number of nitrogens with zero attached hydrogens (tertiary/aromatic N) is 4. The van der Waals surface area contributed by atoms with Crippen molar-refractivity contribution in [3.05, 3.63) is 42.0 Å².